The summed E-state index contributed by atoms with van der Waals surface area (Å²) < 4.78 is 10.5. The van der Waals surface area contributed by atoms with Crippen molar-refractivity contribution in [2.45, 2.75) is 12.1 Å². The van der Waals surface area contributed by atoms with Crippen molar-refractivity contribution in [2.24, 2.45) is 0 Å². The number of nitrogens with zero attached hydrogens (tertiary/aromatic N) is 1. The van der Waals surface area contributed by atoms with Gasteiger partial charge in [-0.3, -0.25) is 14.5 Å². The number of halogens is 1. The quantitative estimate of drug-likeness (QED) is 0.751. The molecule has 144 valence electrons. The Hall–Kier alpha value is -1.99. The van der Waals surface area contributed by atoms with Crippen LogP contribution in [-0.4, -0.2) is 62.7 Å². The highest BCUT2D eigenvalue weighted by Crippen LogP contribution is 2.23. The van der Waals surface area contributed by atoms with E-state index in [-0.39, 0.29) is 17.4 Å². The summed E-state index contributed by atoms with van der Waals surface area (Å²) in [6.45, 7) is 3.25. The summed E-state index contributed by atoms with van der Waals surface area (Å²) >= 11 is 6.01. The smallest absolute Gasteiger partial charge is 0.255 e. The van der Waals surface area contributed by atoms with Gasteiger partial charge < -0.3 is 14.8 Å². The maximum Gasteiger partial charge on any atom is 0.255 e. The van der Waals surface area contributed by atoms with Gasteiger partial charge in [-0.25, -0.2) is 0 Å². The molecule has 27 heavy (non-hydrogen) atoms. The summed E-state index contributed by atoms with van der Waals surface area (Å²) in [7, 11) is 1.45. The van der Waals surface area contributed by atoms with Crippen LogP contribution in [0, 0.1) is 0 Å². The number of ketones is 1. The van der Waals surface area contributed by atoms with Gasteiger partial charge in [0.2, 0.25) is 5.78 Å². The van der Waals surface area contributed by atoms with E-state index in [1.807, 2.05) is 24.3 Å². The number of nitrogens with one attached hydrogen (secondary N) is 1. The van der Waals surface area contributed by atoms with Crippen LogP contribution < -0.4 is 5.32 Å². The third-order valence-electron chi connectivity index (χ3n) is 4.77. The minimum atomic E-state index is -0.706. The van der Waals surface area contributed by atoms with Crippen molar-refractivity contribution in [3.8, 4) is 0 Å². The van der Waals surface area contributed by atoms with Gasteiger partial charge in [-0.15, -0.1) is 0 Å². The molecular formula is C20H23ClN2O4. The summed E-state index contributed by atoms with van der Waals surface area (Å²) in [6, 6.07) is 7.58. The van der Waals surface area contributed by atoms with Crippen molar-refractivity contribution in [1.82, 2.24) is 10.2 Å². The highest BCUT2D eigenvalue weighted by atomic mass is 35.5. The molecule has 1 heterocycles. The Morgan fingerprint density at radius 2 is 2.04 bits per heavy atom. The summed E-state index contributed by atoms with van der Waals surface area (Å²) in [5.41, 5.74) is 1.17. The lowest BCUT2D eigenvalue weighted by Gasteiger charge is -2.35. The highest BCUT2D eigenvalue weighted by molar-refractivity contribution is 6.30. The zero-order valence-corrected chi connectivity index (χ0v) is 15.9. The van der Waals surface area contributed by atoms with Crippen LogP contribution >= 0.6 is 11.6 Å². The molecule has 1 fully saturated rings. The number of carbonyl (C=O) groups is 2. The summed E-state index contributed by atoms with van der Waals surface area (Å²) in [4.78, 5) is 27.2. The Kier molecular flexibility index (Phi) is 6.79. The molecule has 0 spiro atoms. The minimum absolute atomic E-state index is 0.0248. The number of hydrogen-bond donors (Lipinski definition) is 1. The molecule has 2 unspecified atom stereocenters. The summed E-state index contributed by atoms with van der Waals surface area (Å²) in [6.07, 6.45) is 4.12. The van der Waals surface area contributed by atoms with Crippen molar-refractivity contribution < 1.29 is 19.1 Å². The Labute approximate surface area is 163 Å². The molecule has 3 rings (SSSR count). The van der Waals surface area contributed by atoms with E-state index in [4.69, 9.17) is 21.1 Å². The lowest BCUT2D eigenvalue weighted by Crippen LogP contribution is -2.44. The molecule has 1 saturated heterocycles. The van der Waals surface area contributed by atoms with Crippen LogP contribution in [0.25, 0.3) is 0 Å². The lowest BCUT2D eigenvalue weighted by atomic mass is 9.99. The molecule has 1 aliphatic carbocycles. The fraction of sp³-hybridized carbons (Fsp3) is 0.400. The zero-order chi connectivity index (χ0) is 19.2. The number of Topliss-reactive ketones (excluding diaryl/α,β-unsaturated/α-hetero) is 1. The summed E-state index contributed by atoms with van der Waals surface area (Å²) in [5.74, 6) is -0.717. The van der Waals surface area contributed by atoms with Crippen LogP contribution in [0.4, 0.5) is 0 Å². The standard InChI is InChI=1S/C20H23ClN2O4/c1-26-18-4-2-3-16(19(18)24)20(25)22-13-17(23-9-11-27-12-10-23)14-5-7-15(21)8-6-14/h2-8,17-18H,9-13H2,1H3,(H,22,25). The van der Waals surface area contributed by atoms with Gasteiger partial charge in [-0.05, 0) is 29.8 Å². The second-order valence-corrected chi connectivity index (χ2v) is 6.85. The molecule has 2 aliphatic rings. The third kappa shape index (κ3) is 4.84. The highest BCUT2D eigenvalue weighted by Gasteiger charge is 2.28. The average Bonchev–Trinajstić information content (AvgIpc) is 2.70. The lowest BCUT2D eigenvalue weighted by molar-refractivity contribution is -0.127. The van der Waals surface area contributed by atoms with Gasteiger partial charge in [-0.1, -0.05) is 29.8 Å². The molecule has 1 aliphatic heterocycles. The number of rotatable bonds is 6. The van der Waals surface area contributed by atoms with E-state index in [0.717, 1.165) is 18.7 Å². The van der Waals surface area contributed by atoms with Gasteiger partial charge in [0, 0.05) is 31.8 Å². The summed E-state index contributed by atoms with van der Waals surface area (Å²) in [5, 5.41) is 3.57. The van der Waals surface area contributed by atoms with Gasteiger partial charge in [0.15, 0.2) is 0 Å². The van der Waals surface area contributed by atoms with Gasteiger partial charge in [0.05, 0.1) is 24.8 Å². The maximum absolute atomic E-state index is 12.6. The van der Waals surface area contributed by atoms with Crippen LogP contribution in [0.2, 0.25) is 5.02 Å². The number of benzene rings is 1. The predicted molar refractivity (Wildman–Crippen MR) is 103 cm³/mol. The molecule has 1 amide bonds. The van der Waals surface area contributed by atoms with Crippen molar-refractivity contribution >= 4 is 23.3 Å². The second kappa shape index (κ2) is 9.28. The van der Waals surface area contributed by atoms with Crippen LogP contribution in [0.1, 0.15) is 11.6 Å². The van der Waals surface area contributed by atoms with Crippen molar-refractivity contribution in [2.75, 3.05) is 40.0 Å². The number of ether oxygens (including phenoxy) is 2. The third-order valence-corrected chi connectivity index (χ3v) is 5.02. The topological polar surface area (TPSA) is 67.9 Å². The normalized spacial score (nSPS) is 21.6. The minimum Gasteiger partial charge on any atom is -0.379 e. The first-order valence-electron chi connectivity index (χ1n) is 8.91. The van der Waals surface area contributed by atoms with Gasteiger partial charge in [0.1, 0.15) is 6.10 Å². The van der Waals surface area contributed by atoms with Crippen LogP contribution in [0.15, 0.2) is 48.1 Å². The zero-order valence-electron chi connectivity index (χ0n) is 15.2. The fourth-order valence-electron chi connectivity index (χ4n) is 3.27. The number of hydrogen-bond acceptors (Lipinski definition) is 5. The Bertz CT molecular complexity index is 739. The van der Waals surface area contributed by atoms with E-state index in [2.05, 4.69) is 10.2 Å². The number of morpholine rings is 1. The van der Waals surface area contributed by atoms with Crippen LogP contribution in [-0.2, 0) is 19.1 Å². The molecule has 1 aromatic carbocycles. The molecule has 7 heteroatoms. The number of amides is 1. The van der Waals surface area contributed by atoms with E-state index >= 15 is 0 Å². The number of methoxy groups -OCH3 is 1. The van der Waals surface area contributed by atoms with Gasteiger partial charge in [-0.2, -0.15) is 0 Å². The molecule has 0 radical (unpaired) electrons. The van der Waals surface area contributed by atoms with E-state index in [9.17, 15) is 9.59 Å². The first-order valence-corrected chi connectivity index (χ1v) is 9.29. The Morgan fingerprint density at radius 1 is 1.33 bits per heavy atom. The molecule has 0 saturated carbocycles. The molecular weight excluding hydrogens is 368 g/mol. The SMILES string of the molecule is COC1C=CC=C(C(=O)NCC(c2ccc(Cl)cc2)N2CCOCC2)C1=O. The molecule has 2 atom stereocenters. The molecule has 0 bridgehead atoms. The maximum atomic E-state index is 12.6. The van der Waals surface area contributed by atoms with Crippen molar-refractivity contribution in [3.63, 3.8) is 0 Å². The van der Waals surface area contributed by atoms with E-state index in [1.165, 1.54) is 13.2 Å². The second-order valence-electron chi connectivity index (χ2n) is 6.41. The van der Waals surface area contributed by atoms with Crippen LogP contribution in [0.3, 0.4) is 0 Å². The first kappa shape index (κ1) is 19.8. The van der Waals surface area contributed by atoms with Crippen molar-refractivity contribution in [1.29, 1.82) is 0 Å². The largest absolute Gasteiger partial charge is 0.379 e. The van der Waals surface area contributed by atoms with E-state index in [1.54, 1.807) is 12.2 Å². The average molecular weight is 391 g/mol. The van der Waals surface area contributed by atoms with Gasteiger partial charge >= 0.3 is 0 Å². The first-order chi connectivity index (χ1) is 13.1. The van der Waals surface area contributed by atoms with E-state index in [0.29, 0.717) is 24.8 Å². The van der Waals surface area contributed by atoms with Gasteiger partial charge in [0.25, 0.3) is 5.91 Å². The van der Waals surface area contributed by atoms with E-state index < -0.39 is 12.0 Å². The molecule has 1 aromatic rings. The predicted octanol–water partition coefficient (Wildman–Crippen LogP) is 1.91. The molecule has 1 N–H and O–H groups in total. The van der Waals surface area contributed by atoms with Crippen LogP contribution in [0.5, 0.6) is 0 Å². The Balaban J connectivity index is 1.71. The number of carbonyl (C=O) groups excluding carboxylic acids is 2. The molecule has 6 nitrogen and oxygen atoms in total. The molecule has 0 aromatic heterocycles. The number of allylic oxidation sites excluding steroid dienone is 2. The van der Waals surface area contributed by atoms with Crippen molar-refractivity contribution in [3.05, 3.63) is 58.7 Å². The monoisotopic (exact) mass is 390 g/mol. The Morgan fingerprint density at radius 3 is 2.70 bits per heavy atom. The fourth-order valence-corrected chi connectivity index (χ4v) is 3.39.